The van der Waals surface area contributed by atoms with E-state index >= 15 is 0 Å². The van der Waals surface area contributed by atoms with Gasteiger partial charge in [0.05, 0.1) is 0 Å². The molecule has 17 heavy (non-hydrogen) atoms. The topological polar surface area (TPSA) is 20.3 Å². The third-order valence-corrected chi connectivity index (χ3v) is 4.19. The van der Waals surface area contributed by atoms with Crippen LogP contribution in [0.5, 0.6) is 0 Å². The largest absolute Gasteiger partial charge is 0.343 e. The summed E-state index contributed by atoms with van der Waals surface area (Å²) in [5.74, 6) is 0.296. The molecule has 4 heteroatoms. The van der Waals surface area contributed by atoms with E-state index < -0.39 is 0 Å². The molecule has 0 aliphatic carbocycles. The highest BCUT2D eigenvalue weighted by molar-refractivity contribution is 9.09. The first-order chi connectivity index (χ1) is 8.27. The molecule has 0 saturated heterocycles. The van der Waals surface area contributed by atoms with Gasteiger partial charge in [-0.3, -0.25) is 4.79 Å². The predicted octanol–water partition coefficient (Wildman–Crippen LogP) is 3.70. The normalized spacial score (nSPS) is 10.5. The Bertz CT molecular complexity index is 313. The lowest BCUT2D eigenvalue weighted by Crippen LogP contribution is -2.31. The van der Waals surface area contributed by atoms with Crippen molar-refractivity contribution < 1.29 is 4.79 Å². The van der Waals surface area contributed by atoms with Crippen LogP contribution in [-0.2, 0) is 11.2 Å². The average Bonchev–Trinajstić information content (AvgIpc) is 2.83. The highest BCUT2D eigenvalue weighted by Gasteiger charge is 2.10. The Balaban J connectivity index is 2.22. The van der Waals surface area contributed by atoms with Gasteiger partial charge in [0.25, 0.3) is 0 Å². The van der Waals surface area contributed by atoms with Crippen LogP contribution in [0.15, 0.2) is 17.5 Å². The number of hydrogen-bond acceptors (Lipinski definition) is 2. The molecule has 0 spiro atoms. The van der Waals surface area contributed by atoms with Crippen molar-refractivity contribution in [3.05, 3.63) is 22.4 Å². The number of carbonyl (C=O) groups excluding carboxylic acids is 1. The van der Waals surface area contributed by atoms with Gasteiger partial charge in [-0.1, -0.05) is 22.0 Å². The van der Waals surface area contributed by atoms with E-state index in [-0.39, 0.29) is 0 Å². The number of amides is 1. The van der Waals surface area contributed by atoms with E-state index in [1.54, 1.807) is 11.3 Å². The van der Waals surface area contributed by atoms with Gasteiger partial charge in [-0.15, -0.1) is 11.3 Å². The maximum absolute atomic E-state index is 11.9. The van der Waals surface area contributed by atoms with Gasteiger partial charge in [-0.05, 0) is 37.6 Å². The van der Waals surface area contributed by atoms with Crippen molar-refractivity contribution in [2.24, 2.45) is 0 Å². The molecule has 0 atom stereocenters. The minimum atomic E-state index is 0.296. The Morgan fingerprint density at radius 1 is 1.47 bits per heavy atom. The fourth-order valence-corrected chi connectivity index (χ4v) is 2.74. The van der Waals surface area contributed by atoms with Gasteiger partial charge >= 0.3 is 0 Å². The van der Waals surface area contributed by atoms with E-state index in [2.05, 4.69) is 33.4 Å². The van der Waals surface area contributed by atoms with E-state index in [0.29, 0.717) is 12.3 Å². The molecule has 0 N–H and O–H groups in total. The van der Waals surface area contributed by atoms with Gasteiger partial charge in [0.1, 0.15) is 0 Å². The number of aryl methyl sites for hydroxylation is 1. The van der Waals surface area contributed by atoms with Crippen LogP contribution in [0.3, 0.4) is 0 Å². The molecule has 0 aliphatic heterocycles. The lowest BCUT2D eigenvalue weighted by atomic mass is 10.2. The molecule has 0 saturated carbocycles. The first-order valence-corrected chi connectivity index (χ1v) is 8.14. The van der Waals surface area contributed by atoms with Crippen molar-refractivity contribution in [3.8, 4) is 0 Å². The summed E-state index contributed by atoms with van der Waals surface area (Å²) in [6.45, 7) is 3.75. The quantitative estimate of drug-likeness (QED) is 0.669. The molecule has 1 aromatic heterocycles. The molecule has 1 heterocycles. The number of halogens is 1. The number of thiophene rings is 1. The van der Waals surface area contributed by atoms with E-state index in [1.807, 2.05) is 11.8 Å². The van der Waals surface area contributed by atoms with Crippen LogP contribution in [-0.4, -0.2) is 29.2 Å². The number of nitrogens with zero attached hydrogens (tertiary/aromatic N) is 1. The molecule has 1 amide bonds. The zero-order valence-electron chi connectivity index (χ0n) is 10.3. The fraction of sp³-hybridized carbons (Fsp3) is 0.615. The van der Waals surface area contributed by atoms with Crippen LogP contribution < -0.4 is 0 Å². The zero-order valence-corrected chi connectivity index (χ0v) is 12.7. The Hall–Kier alpha value is -0.350. The number of alkyl halides is 1. The van der Waals surface area contributed by atoms with E-state index in [1.165, 1.54) is 4.88 Å². The Kier molecular flexibility index (Phi) is 7.53. The van der Waals surface area contributed by atoms with Crippen molar-refractivity contribution in [3.63, 3.8) is 0 Å². The van der Waals surface area contributed by atoms with E-state index in [0.717, 1.165) is 37.7 Å². The second-order valence-electron chi connectivity index (χ2n) is 3.95. The lowest BCUT2D eigenvalue weighted by Gasteiger charge is -2.20. The minimum Gasteiger partial charge on any atom is -0.343 e. The summed E-state index contributed by atoms with van der Waals surface area (Å²) in [6.07, 6.45) is 3.70. The molecule has 0 unspecified atom stereocenters. The lowest BCUT2D eigenvalue weighted by molar-refractivity contribution is -0.131. The summed E-state index contributed by atoms with van der Waals surface area (Å²) in [5, 5.41) is 3.05. The van der Waals surface area contributed by atoms with Crippen molar-refractivity contribution >= 4 is 33.2 Å². The van der Waals surface area contributed by atoms with Crippen molar-refractivity contribution in [2.45, 2.75) is 32.6 Å². The van der Waals surface area contributed by atoms with Crippen molar-refractivity contribution in [1.29, 1.82) is 0 Å². The summed E-state index contributed by atoms with van der Waals surface area (Å²) in [5.41, 5.74) is 0. The highest BCUT2D eigenvalue weighted by Crippen LogP contribution is 2.12. The maximum Gasteiger partial charge on any atom is 0.222 e. The van der Waals surface area contributed by atoms with E-state index in [9.17, 15) is 4.79 Å². The first-order valence-electron chi connectivity index (χ1n) is 6.14. The molecule has 0 aromatic carbocycles. The second kappa shape index (κ2) is 8.70. The maximum atomic E-state index is 11.9. The molecular formula is C13H20BrNOS. The Labute approximate surface area is 116 Å². The summed E-state index contributed by atoms with van der Waals surface area (Å²) in [4.78, 5) is 15.3. The summed E-state index contributed by atoms with van der Waals surface area (Å²) < 4.78 is 0. The third kappa shape index (κ3) is 5.68. The smallest absolute Gasteiger partial charge is 0.222 e. The molecule has 1 rings (SSSR count). The first kappa shape index (κ1) is 14.7. The molecule has 2 nitrogen and oxygen atoms in total. The number of rotatable bonds is 8. The SMILES string of the molecule is CCN(CCCBr)C(=O)CCCc1cccs1. The van der Waals surface area contributed by atoms with E-state index in [4.69, 9.17) is 0 Å². The molecule has 0 aliphatic rings. The van der Waals surface area contributed by atoms with Gasteiger partial charge < -0.3 is 4.90 Å². The van der Waals surface area contributed by atoms with Gasteiger partial charge in [0.2, 0.25) is 5.91 Å². The molecular weight excluding hydrogens is 298 g/mol. The summed E-state index contributed by atoms with van der Waals surface area (Å²) in [7, 11) is 0. The standard InChI is InChI=1S/C13H20BrNOS/c1-2-15(10-5-9-14)13(16)8-3-6-12-7-4-11-17-12/h4,7,11H,2-3,5-6,8-10H2,1H3. The van der Waals surface area contributed by atoms with Gasteiger partial charge in [0, 0.05) is 29.7 Å². The Morgan fingerprint density at radius 3 is 2.88 bits per heavy atom. The van der Waals surface area contributed by atoms with Crippen LogP contribution in [0.4, 0.5) is 0 Å². The third-order valence-electron chi connectivity index (χ3n) is 2.69. The van der Waals surface area contributed by atoms with Crippen LogP contribution in [0, 0.1) is 0 Å². The summed E-state index contributed by atoms with van der Waals surface area (Å²) >= 11 is 5.17. The van der Waals surface area contributed by atoms with Crippen LogP contribution >= 0.6 is 27.3 Å². The highest BCUT2D eigenvalue weighted by atomic mass is 79.9. The molecule has 0 radical (unpaired) electrons. The molecule has 0 bridgehead atoms. The monoisotopic (exact) mass is 317 g/mol. The van der Waals surface area contributed by atoms with Crippen LogP contribution in [0.2, 0.25) is 0 Å². The van der Waals surface area contributed by atoms with Gasteiger partial charge in [-0.25, -0.2) is 0 Å². The van der Waals surface area contributed by atoms with Crippen LogP contribution in [0.25, 0.3) is 0 Å². The fourth-order valence-electron chi connectivity index (χ4n) is 1.74. The van der Waals surface area contributed by atoms with Crippen LogP contribution in [0.1, 0.15) is 31.1 Å². The van der Waals surface area contributed by atoms with Gasteiger partial charge in [-0.2, -0.15) is 0 Å². The molecule has 96 valence electrons. The Morgan fingerprint density at radius 2 is 2.29 bits per heavy atom. The summed E-state index contributed by atoms with van der Waals surface area (Å²) in [6, 6.07) is 4.20. The van der Waals surface area contributed by atoms with Crippen molar-refractivity contribution in [2.75, 3.05) is 18.4 Å². The second-order valence-corrected chi connectivity index (χ2v) is 5.77. The minimum absolute atomic E-state index is 0.296. The van der Waals surface area contributed by atoms with Gasteiger partial charge in [0.15, 0.2) is 0 Å². The molecule has 1 aromatic rings. The average molecular weight is 318 g/mol. The zero-order chi connectivity index (χ0) is 12.5. The number of carbonyl (C=O) groups is 1. The number of hydrogen-bond donors (Lipinski definition) is 0. The molecule has 0 fully saturated rings. The predicted molar refractivity (Wildman–Crippen MR) is 77.9 cm³/mol. The van der Waals surface area contributed by atoms with Crippen molar-refractivity contribution in [1.82, 2.24) is 4.90 Å².